The Labute approximate surface area is 120 Å². The van der Waals surface area contributed by atoms with E-state index < -0.39 is 17.8 Å². The van der Waals surface area contributed by atoms with Crippen molar-refractivity contribution in [1.29, 1.82) is 0 Å². The van der Waals surface area contributed by atoms with E-state index in [1.807, 2.05) is 0 Å². The number of pyridine rings is 1. The molecule has 0 radical (unpaired) electrons. The van der Waals surface area contributed by atoms with Crippen LogP contribution in [0.5, 0.6) is 5.88 Å². The van der Waals surface area contributed by atoms with E-state index in [0.29, 0.717) is 22.6 Å². The third kappa shape index (κ3) is 3.16. The van der Waals surface area contributed by atoms with Crippen molar-refractivity contribution in [2.45, 2.75) is 19.1 Å². The Bertz CT molecular complexity index is 641. The number of aryl methyl sites for hydroxylation is 1. The fraction of sp³-hybridized carbons (Fsp3) is 0.267. The van der Waals surface area contributed by atoms with E-state index in [0.717, 1.165) is 12.1 Å². The number of hydrogen-bond acceptors (Lipinski definition) is 3. The summed E-state index contributed by atoms with van der Waals surface area (Å²) in [5.41, 5.74) is 7.17. The molecule has 21 heavy (non-hydrogen) atoms. The van der Waals surface area contributed by atoms with E-state index in [2.05, 4.69) is 4.98 Å². The van der Waals surface area contributed by atoms with Gasteiger partial charge in [0.15, 0.2) is 0 Å². The minimum Gasteiger partial charge on any atom is -0.481 e. The summed E-state index contributed by atoms with van der Waals surface area (Å²) >= 11 is 0. The summed E-state index contributed by atoms with van der Waals surface area (Å²) in [7, 11) is 1.47. The largest absolute Gasteiger partial charge is 0.481 e. The van der Waals surface area contributed by atoms with Crippen LogP contribution in [0.3, 0.4) is 0 Å². The predicted molar refractivity (Wildman–Crippen MR) is 73.0 cm³/mol. The number of nitrogens with zero attached hydrogens (tertiary/aromatic N) is 1. The van der Waals surface area contributed by atoms with Crippen LogP contribution < -0.4 is 10.5 Å². The van der Waals surface area contributed by atoms with Gasteiger partial charge in [-0.15, -0.1) is 0 Å². The van der Waals surface area contributed by atoms with Crippen LogP contribution in [-0.4, -0.2) is 12.1 Å². The minimum absolute atomic E-state index is 0.365. The maximum atomic E-state index is 12.7. The molecule has 1 aromatic carbocycles. The van der Waals surface area contributed by atoms with Gasteiger partial charge in [-0.1, -0.05) is 12.1 Å². The molecule has 0 aliphatic heterocycles. The molecule has 6 heteroatoms. The number of halogens is 3. The van der Waals surface area contributed by atoms with Crippen LogP contribution in [0.25, 0.3) is 0 Å². The van der Waals surface area contributed by atoms with Gasteiger partial charge in [0.05, 0.1) is 18.7 Å². The molecule has 112 valence electrons. The summed E-state index contributed by atoms with van der Waals surface area (Å²) in [5, 5.41) is 0. The zero-order valence-corrected chi connectivity index (χ0v) is 11.6. The SMILES string of the molecule is COc1ncccc1C(N)c1ccc(C(F)(F)F)cc1C. The second-order valence-electron chi connectivity index (χ2n) is 4.65. The number of benzene rings is 1. The summed E-state index contributed by atoms with van der Waals surface area (Å²) in [5.74, 6) is 0.365. The molecule has 2 rings (SSSR count). The Morgan fingerprint density at radius 1 is 1.19 bits per heavy atom. The van der Waals surface area contributed by atoms with Crippen LogP contribution in [0.15, 0.2) is 36.5 Å². The number of hydrogen-bond donors (Lipinski definition) is 1. The summed E-state index contributed by atoms with van der Waals surface area (Å²) in [6.45, 7) is 1.60. The molecule has 3 nitrogen and oxygen atoms in total. The van der Waals surface area contributed by atoms with Gasteiger partial charge in [-0.2, -0.15) is 13.2 Å². The highest BCUT2D eigenvalue weighted by atomic mass is 19.4. The first-order valence-corrected chi connectivity index (χ1v) is 6.27. The lowest BCUT2D eigenvalue weighted by Gasteiger charge is -2.18. The van der Waals surface area contributed by atoms with Crippen LogP contribution in [0.2, 0.25) is 0 Å². The Morgan fingerprint density at radius 3 is 2.48 bits per heavy atom. The van der Waals surface area contributed by atoms with Gasteiger partial charge in [-0.05, 0) is 36.2 Å². The fourth-order valence-electron chi connectivity index (χ4n) is 2.18. The number of nitrogens with two attached hydrogens (primary N) is 1. The van der Waals surface area contributed by atoms with Crippen molar-refractivity contribution in [3.05, 3.63) is 58.8 Å². The van der Waals surface area contributed by atoms with Crippen LogP contribution >= 0.6 is 0 Å². The maximum Gasteiger partial charge on any atom is 0.416 e. The zero-order chi connectivity index (χ0) is 15.6. The van der Waals surface area contributed by atoms with Gasteiger partial charge in [0, 0.05) is 11.8 Å². The topological polar surface area (TPSA) is 48.1 Å². The van der Waals surface area contributed by atoms with Crippen molar-refractivity contribution in [3.63, 3.8) is 0 Å². The van der Waals surface area contributed by atoms with Crippen LogP contribution in [-0.2, 0) is 6.18 Å². The number of methoxy groups -OCH3 is 1. The number of rotatable bonds is 3. The lowest BCUT2D eigenvalue weighted by molar-refractivity contribution is -0.137. The molecule has 1 atom stereocenters. The zero-order valence-electron chi connectivity index (χ0n) is 11.6. The van der Waals surface area contributed by atoms with Crippen LogP contribution in [0.4, 0.5) is 13.2 Å². The van der Waals surface area contributed by atoms with Crippen molar-refractivity contribution < 1.29 is 17.9 Å². The normalized spacial score (nSPS) is 13.0. The molecule has 0 spiro atoms. The third-order valence-electron chi connectivity index (χ3n) is 3.26. The summed E-state index contributed by atoms with van der Waals surface area (Å²) in [6, 6.07) is 6.37. The molecule has 0 aliphatic carbocycles. The average molecular weight is 296 g/mol. The molecular formula is C15H15F3N2O. The highest BCUT2D eigenvalue weighted by molar-refractivity contribution is 5.42. The standard InChI is InChI=1S/C15H15F3N2O/c1-9-8-10(15(16,17)18)5-6-11(9)13(19)12-4-3-7-20-14(12)21-2/h3-8,13H,19H2,1-2H3. The van der Waals surface area contributed by atoms with Crippen LogP contribution in [0, 0.1) is 6.92 Å². The molecule has 1 unspecified atom stereocenters. The van der Waals surface area contributed by atoms with Gasteiger partial charge in [-0.25, -0.2) is 4.98 Å². The molecule has 0 aliphatic rings. The number of ether oxygens (including phenoxy) is 1. The first kappa shape index (κ1) is 15.3. The molecule has 1 aromatic heterocycles. The molecule has 0 saturated carbocycles. The Morgan fingerprint density at radius 2 is 1.90 bits per heavy atom. The monoisotopic (exact) mass is 296 g/mol. The molecule has 0 fully saturated rings. The van der Waals surface area contributed by atoms with Gasteiger partial charge in [-0.3, -0.25) is 0 Å². The van der Waals surface area contributed by atoms with E-state index in [-0.39, 0.29) is 0 Å². The molecule has 0 saturated heterocycles. The Hall–Kier alpha value is -2.08. The molecule has 2 aromatic rings. The van der Waals surface area contributed by atoms with Crippen molar-refractivity contribution >= 4 is 0 Å². The molecule has 2 N–H and O–H groups in total. The van der Waals surface area contributed by atoms with E-state index in [9.17, 15) is 13.2 Å². The lowest BCUT2D eigenvalue weighted by Crippen LogP contribution is -2.16. The van der Waals surface area contributed by atoms with Gasteiger partial charge >= 0.3 is 6.18 Å². The van der Waals surface area contributed by atoms with Crippen molar-refractivity contribution in [1.82, 2.24) is 4.98 Å². The van der Waals surface area contributed by atoms with Gasteiger partial charge < -0.3 is 10.5 Å². The quantitative estimate of drug-likeness (QED) is 0.943. The first-order valence-electron chi connectivity index (χ1n) is 6.27. The van der Waals surface area contributed by atoms with E-state index in [1.165, 1.54) is 13.2 Å². The predicted octanol–water partition coefficient (Wildman–Crippen LogP) is 3.47. The highest BCUT2D eigenvalue weighted by Crippen LogP contribution is 2.33. The highest BCUT2D eigenvalue weighted by Gasteiger charge is 2.31. The van der Waals surface area contributed by atoms with E-state index >= 15 is 0 Å². The number of aromatic nitrogens is 1. The first-order chi connectivity index (χ1) is 9.84. The molecule has 0 amide bonds. The minimum atomic E-state index is -4.36. The Kier molecular flexibility index (Phi) is 4.18. The average Bonchev–Trinajstić information content (AvgIpc) is 2.45. The van der Waals surface area contributed by atoms with Gasteiger partial charge in [0.25, 0.3) is 0 Å². The summed E-state index contributed by atoms with van der Waals surface area (Å²) in [4.78, 5) is 4.05. The summed E-state index contributed by atoms with van der Waals surface area (Å²) in [6.07, 6.45) is -2.80. The smallest absolute Gasteiger partial charge is 0.416 e. The summed E-state index contributed by atoms with van der Waals surface area (Å²) < 4.78 is 43.2. The maximum absolute atomic E-state index is 12.7. The van der Waals surface area contributed by atoms with Crippen molar-refractivity contribution in [2.24, 2.45) is 5.73 Å². The Balaban J connectivity index is 2.42. The molecular weight excluding hydrogens is 281 g/mol. The second kappa shape index (κ2) is 5.73. The fourth-order valence-corrected chi connectivity index (χ4v) is 2.18. The number of alkyl halides is 3. The molecule has 0 bridgehead atoms. The molecule has 1 heterocycles. The van der Waals surface area contributed by atoms with Gasteiger partial charge in [0.2, 0.25) is 5.88 Å². The second-order valence-corrected chi connectivity index (χ2v) is 4.65. The van der Waals surface area contributed by atoms with Gasteiger partial charge in [0.1, 0.15) is 0 Å². The van der Waals surface area contributed by atoms with Crippen molar-refractivity contribution in [3.8, 4) is 5.88 Å². The lowest BCUT2D eigenvalue weighted by atomic mass is 9.95. The van der Waals surface area contributed by atoms with Crippen molar-refractivity contribution in [2.75, 3.05) is 7.11 Å². The van der Waals surface area contributed by atoms with E-state index in [4.69, 9.17) is 10.5 Å². The van der Waals surface area contributed by atoms with Crippen LogP contribution in [0.1, 0.15) is 28.3 Å². The third-order valence-corrected chi connectivity index (χ3v) is 3.26. The van der Waals surface area contributed by atoms with E-state index in [1.54, 1.807) is 25.3 Å².